The highest BCUT2D eigenvalue weighted by Crippen LogP contribution is 2.30. The smallest absolute Gasteiger partial charge is 0.224 e. The maximum atomic E-state index is 14.6. The molecule has 4 N–H and O–H groups in total. The molecule has 26 heavy (non-hydrogen) atoms. The van der Waals surface area contributed by atoms with E-state index in [1.807, 2.05) is 4.90 Å². The number of H-pyrrole nitrogens is 1. The van der Waals surface area contributed by atoms with E-state index in [2.05, 4.69) is 9.97 Å². The molecule has 0 atom stereocenters. The third kappa shape index (κ3) is 2.96. The van der Waals surface area contributed by atoms with Crippen LogP contribution in [-0.2, 0) is 4.79 Å². The third-order valence-electron chi connectivity index (χ3n) is 4.95. The standard InChI is InChI=1S/C19H19FN4O2/c20-18-14(16-10-12-9-13(25)1-3-15(12)22-16)2-4-17(23-18)24-7-5-11(6-8-24)19(21)26/h1-4,9-11,22,25H,5-8H2,(H2,21,26). The fourth-order valence-electron chi connectivity index (χ4n) is 3.46. The van der Waals surface area contributed by atoms with Crippen LogP contribution in [0.15, 0.2) is 36.4 Å². The first kappa shape index (κ1) is 16.4. The topological polar surface area (TPSA) is 95.2 Å². The molecule has 2 aromatic heterocycles. The van der Waals surface area contributed by atoms with E-state index >= 15 is 0 Å². The predicted octanol–water partition coefficient (Wildman–Crippen LogP) is 2.78. The molecule has 3 aromatic rings. The highest BCUT2D eigenvalue weighted by molar-refractivity contribution is 5.87. The predicted molar refractivity (Wildman–Crippen MR) is 97.3 cm³/mol. The lowest BCUT2D eigenvalue weighted by Crippen LogP contribution is -2.39. The Kier molecular flexibility index (Phi) is 3.99. The maximum absolute atomic E-state index is 14.6. The van der Waals surface area contributed by atoms with Gasteiger partial charge in [-0.05, 0) is 49.2 Å². The Morgan fingerprint density at radius 3 is 2.69 bits per heavy atom. The summed E-state index contributed by atoms with van der Waals surface area (Å²) in [5.74, 6) is -0.225. The largest absolute Gasteiger partial charge is 0.508 e. The van der Waals surface area contributed by atoms with Crippen LogP contribution in [0.3, 0.4) is 0 Å². The van der Waals surface area contributed by atoms with E-state index in [1.165, 1.54) is 0 Å². The van der Waals surface area contributed by atoms with Crippen molar-refractivity contribution in [1.82, 2.24) is 9.97 Å². The van der Waals surface area contributed by atoms with E-state index in [0.29, 0.717) is 43.0 Å². The number of nitrogens with one attached hydrogen (secondary N) is 1. The molecule has 1 aliphatic heterocycles. The van der Waals surface area contributed by atoms with Crippen LogP contribution >= 0.6 is 0 Å². The van der Waals surface area contributed by atoms with E-state index in [9.17, 15) is 14.3 Å². The molecule has 0 aliphatic carbocycles. The van der Waals surface area contributed by atoms with E-state index in [1.54, 1.807) is 36.4 Å². The minimum absolute atomic E-state index is 0.113. The Hall–Kier alpha value is -3.09. The zero-order chi connectivity index (χ0) is 18.3. The number of carbonyl (C=O) groups is 1. The van der Waals surface area contributed by atoms with Crippen LogP contribution in [0, 0.1) is 11.9 Å². The van der Waals surface area contributed by atoms with Crippen LogP contribution in [-0.4, -0.2) is 34.1 Å². The van der Waals surface area contributed by atoms with Gasteiger partial charge in [-0.15, -0.1) is 0 Å². The molecule has 1 fully saturated rings. The number of nitrogens with two attached hydrogens (primary N) is 1. The Morgan fingerprint density at radius 1 is 1.23 bits per heavy atom. The first-order valence-electron chi connectivity index (χ1n) is 8.54. The molecule has 134 valence electrons. The minimum Gasteiger partial charge on any atom is -0.508 e. The summed E-state index contributed by atoms with van der Waals surface area (Å²) in [4.78, 5) is 20.5. The highest BCUT2D eigenvalue weighted by atomic mass is 19.1. The lowest BCUT2D eigenvalue weighted by atomic mass is 9.96. The number of benzene rings is 1. The van der Waals surface area contributed by atoms with Gasteiger partial charge in [-0.3, -0.25) is 4.79 Å². The molecular weight excluding hydrogens is 335 g/mol. The molecular formula is C19H19FN4O2. The van der Waals surface area contributed by atoms with Crippen molar-refractivity contribution in [3.8, 4) is 17.0 Å². The number of primary amides is 1. The summed E-state index contributed by atoms with van der Waals surface area (Å²) < 4.78 is 14.6. The molecule has 6 nitrogen and oxygen atoms in total. The number of piperidine rings is 1. The molecule has 1 aromatic carbocycles. The van der Waals surface area contributed by atoms with Gasteiger partial charge in [-0.2, -0.15) is 4.39 Å². The first-order valence-corrected chi connectivity index (χ1v) is 8.54. The summed E-state index contributed by atoms with van der Waals surface area (Å²) in [6.07, 6.45) is 1.32. The number of carbonyl (C=O) groups excluding carboxylic acids is 1. The second-order valence-electron chi connectivity index (χ2n) is 6.63. The van der Waals surface area contributed by atoms with Crippen LogP contribution in [0.4, 0.5) is 10.2 Å². The quantitative estimate of drug-likeness (QED) is 0.630. The van der Waals surface area contributed by atoms with Crippen molar-refractivity contribution in [2.75, 3.05) is 18.0 Å². The molecule has 0 saturated carbocycles. The Balaban J connectivity index is 1.58. The monoisotopic (exact) mass is 354 g/mol. The maximum Gasteiger partial charge on any atom is 0.224 e. The van der Waals surface area contributed by atoms with Crippen LogP contribution in [0.25, 0.3) is 22.2 Å². The number of hydrogen-bond acceptors (Lipinski definition) is 4. The number of hydrogen-bond donors (Lipinski definition) is 3. The Labute approximate surface area is 149 Å². The van der Waals surface area contributed by atoms with Crippen molar-refractivity contribution in [2.24, 2.45) is 11.7 Å². The van der Waals surface area contributed by atoms with Crippen molar-refractivity contribution >= 4 is 22.6 Å². The van der Waals surface area contributed by atoms with Crippen LogP contribution in [0.2, 0.25) is 0 Å². The average Bonchev–Trinajstić information content (AvgIpc) is 3.04. The Morgan fingerprint density at radius 2 is 2.00 bits per heavy atom. The van der Waals surface area contributed by atoms with Gasteiger partial charge in [0.1, 0.15) is 11.6 Å². The molecule has 3 heterocycles. The summed E-state index contributed by atoms with van der Waals surface area (Å²) in [7, 11) is 0. The van der Waals surface area contributed by atoms with Gasteiger partial charge in [0.15, 0.2) is 0 Å². The molecule has 1 aliphatic rings. The van der Waals surface area contributed by atoms with E-state index in [-0.39, 0.29) is 17.6 Å². The van der Waals surface area contributed by atoms with Crippen LogP contribution < -0.4 is 10.6 Å². The molecule has 0 unspecified atom stereocenters. The van der Waals surface area contributed by atoms with Gasteiger partial charge >= 0.3 is 0 Å². The summed E-state index contributed by atoms with van der Waals surface area (Å²) >= 11 is 0. The van der Waals surface area contributed by atoms with Crippen LogP contribution in [0.5, 0.6) is 5.75 Å². The van der Waals surface area contributed by atoms with E-state index in [0.717, 1.165) is 10.9 Å². The average molecular weight is 354 g/mol. The lowest BCUT2D eigenvalue weighted by molar-refractivity contribution is -0.122. The van der Waals surface area contributed by atoms with Crippen molar-refractivity contribution < 1.29 is 14.3 Å². The highest BCUT2D eigenvalue weighted by Gasteiger charge is 2.24. The van der Waals surface area contributed by atoms with Crippen molar-refractivity contribution in [3.05, 3.63) is 42.3 Å². The Bertz CT molecular complexity index is 977. The van der Waals surface area contributed by atoms with E-state index in [4.69, 9.17) is 5.73 Å². The molecule has 1 amide bonds. The second-order valence-corrected chi connectivity index (χ2v) is 6.63. The third-order valence-corrected chi connectivity index (χ3v) is 4.95. The lowest BCUT2D eigenvalue weighted by Gasteiger charge is -2.31. The molecule has 1 saturated heterocycles. The number of phenols is 1. The number of aromatic amines is 1. The zero-order valence-corrected chi connectivity index (χ0v) is 14.1. The minimum atomic E-state index is -0.560. The fourth-order valence-corrected chi connectivity index (χ4v) is 3.46. The van der Waals surface area contributed by atoms with Crippen molar-refractivity contribution in [1.29, 1.82) is 0 Å². The fraction of sp³-hybridized carbons (Fsp3) is 0.263. The summed E-state index contributed by atoms with van der Waals surface area (Å²) in [5, 5.41) is 10.4. The number of anilines is 1. The van der Waals surface area contributed by atoms with Gasteiger partial charge in [0.2, 0.25) is 11.9 Å². The summed E-state index contributed by atoms with van der Waals surface area (Å²) in [6.45, 7) is 1.26. The number of amides is 1. The second kappa shape index (κ2) is 6.33. The van der Waals surface area contributed by atoms with Gasteiger partial charge < -0.3 is 20.7 Å². The number of nitrogens with zero attached hydrogens (tertiary/aromatic N) is 2. The zero-order valence-electron chi connectivity index (χ0n) is 14.1. The van der Waals surface area contributed by atoms with Crippen LogP contribution in [0.1, 0.15) is 12.8 Å². The summed E-state index contributed by atoms with van der Waals surface area (Å²) in [6, 6.07) is 10.2. The number of phenolic OH excluding ortho intramolecular Hbond substituents is 1. The number of halogens is 1. The molecule has 0 bridgehead atoms. The SMILES string of the molecule is NC(=O)C1CCN(c2ccc(-c3cc4cc(O)ccc4[nH]3)c(F)n2)CC1. The molecule has 0 spiro atoms. The number of rotatable bonds is 3. The number of fused-ring (bicyclic) bond motifs is 1. The van der Waals surface area contributed by atoms with Gasteiger partial charge in [-0.25, -0.2) is 4.98 Å². The van der Waals surface area contributed by atoms with Gasteiger partial charge in [0, 0.05) is 29.9 Å². The molecule has 0 radical (unpaired) electrons. The van der Waals surface area contributed by atoms with Crippen molar-refractivity contribution in [3.63, 3.8) is 0 Å². The van der Waals surface area contributed by atoms with E-state index < -0.39 is 5.95 Å². The number of pyridine rings is 1. The number of aromatic nitrogens is 2. The number of aromatic hydroxyl groups is 1. The first-order chi connectivity index (χ1) is 12.5. The molecule has 4 rings (SSSR count). The van der Waals surface area contributed by atoms with Gasteiger partial charge in [-0.1, -0.05) is 0 Å². The summed E-state index contributed by atoms with van der Waals surface area (Å²) in [5.41, 5.74) is 7.14. The van der Waals surface area contributed by atoms with Gasteiger partial charge in [0.25, 0.3) is 0 Å². The molecule has 7 heteroatoms. The van der Waals surface area contributed by atoms with Crippen molar-refractivity contribution in [2.45, 2.75) is 12.8 Å². The normalized spacial score (nSPS) is 15.5. The van der Waals surface area contributed by atoms with Gasteiger partial charge in [0.05, 0.1) is 11.3 Å².